The van der Waals surface area contributed by atoms with E-state index in [-0.39, 0.29) is 0 Å². The summed E-state index contributed by atoms with van der Waals surface area (Å²) >= 11 is 0. The quantitative estimate of drug-likeness (QED) is 0.802. The van der Waals surface area contributed by atoms with Gasteiger partial charge in [-0.25, -0.2) is 0 Å². The molecule has 0 fully saturated rings. The van der Waals surface area contributed by atoms with E-state index in [2.05, 4.69) is 29.6 Å². The minimum Gasteiger partial charge on any atom is -0.309 e. The third-order valence-electron chi connectivity index (χ3n) is 3.20. The molecular weight excluding hydrogens is 208 g/mol. The molecule has 0 radical (unpaired) electrons. The third kappa shape index (κ3) is 1.71. The van der Waals surface area contributed by atoms with Crippen molar-refractivity contribution in [2.75, 3.05) is 0 Å². The Hall–Kier alpha value is -2.11. The van der Waals surface area contributed by atoms with Crippen molar-refractivity contribution in [2.24, 2.45) is 0 Å². The van der Waals surface area contributed by atoms with Crippen LogP contribution < -0.4 is 5.32 Å². The topological polar surface area (TPSA) is 35.8 Å². The van der Waals surface area contributed by atoms with E-state index < -0.39 is 0 Å². The highest BCUT2D eigenvalue weighted by Gasteiger charge is 2.11. The second-order valence-corrected chi connectivity index (χ2v) is 4.24. The second-order valence-electron chi connectivity index (χ2n) is 4.24. The smallest absolute Gasteiger partial charge is 0.0998 e. The van der Waals surface area contributed by atoms with Crippen LogP contribution in [0, 0.1) is 11.3 Å². The second kappa shape index (κ2) is 4.04. The van der Waals surface area contributed by atoms with Gasteiger partial charge in [0.05, 0.1) is 11.6 Å². The molecule has 2 nitrogen and oxygen atoms in total. The lowest BCUT2D eigenvalue weighted by molar-refractivity contribution is 0.765. The van der Waals surface area contributed by atoms with Gasteiger partial charge in [-0.3, -0.25) is 0 Å². The fourth-order valence-corrected chi connectivity index (χ4v) is 2.29. The van der Waals surface area contributed by atoms with Crippen molar-refractivity contribution < 1.29 is 0 Å². The molecule has 1 aliphatic rings. The maximum Gasteiger partial charge on any atom is 0.0998 e. The number of rotatable bonds is 1. The summed E-state index contributed by atoms with van der Waals surface area (Å²) in [7, 11) is 0. The highest BCUT2D eigenvalue weighted by molar-refractivity contribution is 5.71. The van der Waals surface area contributed by atoms with Gasteiger partial charge in [-0.1, -0.05) is 30.3 Å². The molecule has 17 heavy (non-hydrogen) atoms. The highest BCUT2D eigenvalue weighted by Crippen LogP contribution is 2.27. The summed E-state index contributed by atoms with van der Waals surface area (Å²) in [5, 5.41) is 12.4. The van der Waals surface area contributed by atoms with Gasteiger partial charge < -0.3 is 5.32 Å². The number of nitrogens with one attached hydrogen (secondary N) is 1. The third-order valence-corrected chi connectivity index (χ3v) is 3.20. The Kier molecular flexibility index (Phi) is 2.40. The first-order valence-corrected chi connectivity index (χ1v) is 5.70. The standard InChI is InChI=1S/C15H12N2/c16-8-12-3-1-2-4-15(12)11-5-6-13-9-17-10-14(13)7-11/h1-7,17H,9-10H2. The van der Waals surface area contributed by atoms with Crippen LogP contribution in [0.5, 0.6) is 0 Å². The Labute approximate surface area is 101 Å². The van der Waals surface area contributed by atoms with Gasteiger partial charge in [0.15, 0.2) is 0 Å². The Balaban J connectivity index is 2.13. The lowest BCUT2D eigenvalue weighted by Gasteiger charge is -2.06. The van der Waals surface area contributed by atoms with Gasteiger partial charge in [0.25, 0.3) is 0 Å². The molecular formula is C15H12N2. The van der Waals surface area contributed by atoms with Crippen LogP contribution in [0.15, 0.2) is 42.5 Å². The molecule has 2 heteroatoms. The zero-order valence-corrected chi connectivity index (χ0v) is 9.40. The van der Waals surface area contributed by atoms with Gasteiger partial charge >= 0.3 is 0 Å². The van der Waals surface area contributed by atoms with Crippen LogP contribution in [0.1, 0.15) is 16.7 Å². The average Bonchev–Trinajstić information content (AvgIpc) is 2.85. The lowest BCUT2D eigenvalue weighted by Crippen LogP contribution is -1.99. The van der Waals surface area contributed by atoms with E-state index in [0.717, 1.165) is 29.8 Å². The van der Waals surface area contributed by atoms with E-state index in [1.165, 1.54) is 11.1 Å². The number of fused-ring (bicyclic) bond motifs is 1. The average molecular weight is 220 g/mol. The van der Waals surface area contributed by atoms with Gasteiger partial charge in [-0.2, -0.15) is 5.26 Å². The monoisotopic (exact) mass is 220 g/mol. The normalized spacial score (nSPS) is 13.1. The Morgan fingerprint density at radius 2 is 1.82 bits per heavy atom. The van der Waals surface area contributed by atoms with E-state index in [1.54, 1.807) is 0 Å². The van der Waals surface area contributed by atoms with Crippen molar-refractivity contribution in [1.29, 1.82) is 5.26 Å². The summed E-state index contributed by atoms with van der Waals surface area (Å²) in [4.78, 5) is 0. The molecule has 2 aromatic carbocycles. The van der Waals surface area contributed by atoms with E-state index >= 15 is 0 Å². The first-order chi connectivity index (χ1) is 8.38. The molecule has 2 aromatic rings. The molecule has 3 rings (SSSR count). The van der Waals surface area contributed by atoms with Crippen LogP contribution in [0.3, 0.4) is 0 Å². The van der Waals surface area contributed by atoms with E-state index in [1.807, 2.05) is 24.3 Å². The molecule has 0 aromatic heterocycles. The van der Waals surface area contributed by atoms with Gasteiger partial charge in [0, 0.05) is 13.1 Å². The summed E-state index contributed by atoms with van der Waals surface area (Å²) in [5.41, 5.74) is 5.59. The number of hydrogen-bond donors (Lipinski definition) is 1. The maximum absolute atomic E-state index is 9.11. The largest absolute Gasteiger partial charge is 0.309 e. The maximum atomic E-state index is 9.11. The Morgan fingerprint density at radius 3 is 2.71 bits per heavy atom. The van der Waals surface area contributed by atoms with Crippen molar-refractivity contribution in [2.45, 2.75) is 13.1 Å². The Bertz CT molecular complexity index is 609. The highest BCUT2D eigenvalue weighted by atomic mass is 14.9. The molecule has 1 aliphatic heterocycles. The first-order valence-electron chi connectivity index (χ1n) is 5.70. The van der Waals surface area contributed by atoms with Crippen LogP contribution in [-0.4, -0.2) is 0 Å². The molecule has 0 saturated heterocycles. The number of nitriles is 1. The van der Waals surface area contributed by atoms with E-state index in [0.29, 0.717) is 0 Å². The fraction of sp³-hybridized carbons (Fsp3) is 0.133. The molecule has 1 N–H and O–H groups in total. The van der Waals surface area contributed by atoms with Crippen molar-refractivity contribution >= 4 is 0 Å². The molecule has 0 unspecified atom stereocenters. The Morgan fingerprint density at radius 1 is 1.00 bits per heavy atom. The molecule has 0 spiro atoms. The van der Waals surface area contributed by atoms with Crippen LogP contribution in [0.4, 0.5) is 0 Å². The van der Waals surface area contributed by atoms with E-state index in [4.69, 9.17) is 5.26 Å². The molecule has 0 amide bonds. The van der Waals surface area contributed by atoms with Crippen LogP contribution in [-0.2, 0) is 13.1 Å². The van der Waals surface area contributed by atoms with Crippen molar-refractivity contribution in [3.05, 3.63) is 59.2 Å². The van der Waals surface area contributed by atoms with Crippen molar-refractivity contribution in [1.82, 2.24) is 5.32 Å². The van der Waals surface area contributed by atoms with Gasteiger partial charge in [0.1, 0.15) is 0 Å². The number of hydrogen-bond acceptors (Lipinski definition) is 2. The predicted molar refractivity (Wildman–Crippen MR) is 67.1 cm³/mol. The van der Waals surface area contributed by atoms with Gasteiger partial charge in [0.2, 0.25) is 0 Å². The minimum atomic E-state index is 0.735. The van der Waals surface area contributed by atoms with Crippen molar-refractivity contribution in [3.8, 4) is 17.2 Å². The molecule has 82 valence electrons. The molecule has 0 atom stereocenters. The molecule has 0 saturated carbocycles. The molecule has 0 bridgehead atoms. The number of nitrogens with zero attached hydrogens (tertiary/aromatic N) is 1. The van der Waals surface area contributed by atoms with Crippen LogP contribution in [0.25, 0.3) is 11.1 Å². The van der Waals surface area contributed by atoms with Gasteiger partial charge in [-0.15, -0.1) is 0 Å². The molecule has 1 heterocycles. The zero-order chi connectivity index (χ0) is 11.7. The zero-order valence-electron chi connectivity index (χ0n) is 9.40. The summed E-state index contributed by atoms with van der Waals surface area (Å²) in [6.07, 6.45) is 0. The van der Waals surface area contributed by atoms with Crippen LogP contribution >= 0.6 is 0 Å². The SMILES string of the molecule is N#Cc1ccccc1-c1ccc2c(c1)CNC2. The summed E-state index contributed by atoms with van der Waals surface area (Å²) < 4.78 is 0. The molecule has 0 aliphatic carbocycles. The van der Waals surface area contributed by atoms with E-state index in [9.17, 15) is 0 Å². The minimum absolute atomic E-state index is 0.735. The summed E-state index contributed by atoms with van der Waals surface area (Å²) in [6.45, 7) is 1.88. The summed E-state index contributed by atoms with van der Waals surface area (Å²) in [6, 6.07) is 16.4. The van der Waals surface area contributed by atoms with Gasteiger partial charge in [-0.05, 0) is 34.4 Å². The first kappa shape index (κ1) is 10.1. The predicted octanol–water partition coefficient (Wildman–Crippen LogP) is 2.83. The fourth-order valence-electron chi connectivity index (χ4n) is 2.29. The van der Waals surface area contributed by atoms with Crippen LogP contribution in [0.2, 0.25) is 0 Å². The lowest BCUT2D eigenvalue weighted by atomic mass is 9.97. The number of benzene rings is 2. The summed E-state index contributed by atoms with van der Waals surface area (Å²) in [5.74, 6) is 0. The van der Waals surface area contributed by atoms with Crippen molar-refractivity contribution in [3.63, 3.8) is 0 Å².